The van der Waals surface area contributed by atoms with Crippen LogP contribution in [0.3, 0.4) is 0 Å². The van der Waals surface area contributed by atoms with Gasteiger partial charge in [-0.1, -0.05) is 30.3 Å². The van der Waals surface area contributed by atoms with Crippen molar-refractivity contribution in [2.45, 2.75) is 39.0 Å². The number of carbonyl (C=O) groups is 2. The standard InChI is InChI=1S/C15H22N2O4/c1-15(2,3)21-14(20)17-12(13(18)19)10-16-9-11-7-5-4-6-8-11/h4-8,12,16H,9-10H2,1-3H3,(H,17,20)(H,18,19)/t12-/m1/s1. The Hall–Kier alpha value is -2.08. The summed E-state index contributed by atoms with van der Waals surface area (Å²) in [5, 5.41) is 14.4. The number of benzene rings is 1. The minimum atomic E-state index is -1.11. The van der Waals surface area contributed by atoms with Crippen LogP contribution in [0, 0.1) is 0 Å². The monoisotopic (exact) mass is 294 g/mol. The Labute approximate surface area is 124 Å². The molecular formula is C15H22N2O4. The van der Waals surface area contributed by atoms with Crippen LogP contribution in [0.25, 0.3) is 0 Å². The Morgan fingerprint density at radius 3 is 2.38 bits per heavy atom. The first-order chi connectivity index (χ1) is 9.78. The topological polar surface area (TPSA) is 87.7 Å². The highest BCUT2D eigenvalue weighted by Crippen LogP contribution is 2.06. The van der Waals surface area contributed by atoms with Crippen molar-refractivity contribution in [1.82, 2.24) is 10.6 Å². The van der Waals surface area contributed by atoms with Gasteiger partial charge in [0, 0.05) is 13.1 Å². The summed E-state index contributed by atoms with van der Waals surface area (Å²) < 4.78 is 5.04. The van der Waals surface area contributed by atoms with Crippen LogP contribution in [-0.2, 0) is 16.1 Å². The predicted octanol–water partition coefficient (Wildman–Crippen LogP) is 1.75. The number of ether oxygens (including phenoxy) is 1. The van der Waals surface area contributed by atoms with E-state index in [-0.39, 0.29) is 6.54 Å². The lowest BCUT2D eigenvalue weighted by atomic mass is 10.2. The molecule has 0 saturated heterocycles. The van der Waals surface area contributed by atoms with Crippen LogP contribution in [0.15, 0.2) is 30.3 Å². The molecule has 0 aliphatic carbocycles. The molecule has 1 aromatic carbocycles. The molecule has 1 rings (SSSR count). The van der Waals surface area contributed by atoms with E-state index in [1.54, 1.807) is 20.8 Å². The molecule has 0 heterocycles. The second-order valence-electron chi connectivity index (χ2n) is 5.65. The second-order valence-corrected chi connectivity index (χ2v) is 5.65. The fourth-order valence-corrected chi connectivity index (χ4v) is 1.61. The minimum absolute atomic E-state index is 0.115. The summed E-state index contributed by atoms with van der Waals surface area (Å²) in [4.78, 5) is 22.7. The van der Waals surface area contributed by atoms with Crippen LogP contribution in [0.5, 0.6) is 0 Å². The molecule has 0 fully saturated rings. The SMILES string of the molecule is CC(C)(C)OC(=O)N[C@H](CNCc1ccccc1)C(=O)O. The van der Waals surface area contributed by atoms with Gasteiger partial charge in [0.25, 0.3) is 0 Å². The molecule has 21 heavy (non-hydrogen) atoms. The summed E-state index contributed by atoms with van der Waals surface area (Å²) in [5.41, 5.74) is 0.379. The molecule has 0 aliphatic rings. The maximum atomic E-state index is 11.6. The van der Waals surface area contributed by atoms with E-state index in [0.29, 0.717) is 6.54 Å². The molecule has 116 valence electrons. The first-order valence-electron chi connectivity index (χ1n) is 6.75. The van der Waals surface area contributed by atoms with E-state index in [4.69, 9.17) is 9.84 Å². The Balaban J connectivity index is 2.43. The van der Waals surface area contributed by atoms with Crippen LogP contribution < -0.4 is 10.6 Å². The maximum Gasteiger partial charge on any atom is 0.408 e. The minimum Gasteiger partial charge on any atom is -0.480 e. The van der Waals surface area contributed by atoms with Crippen molar-refractivity contribution in [2.24, 2.45) is 0 Å². The van der Waals surface area contributed by atoms with Crippen LogP contribution >= 0.6 is 0 Å². The highest BCUT2D eigenvalue weighted by molar-refractivity contribution is 5.80. The molecule has 0 aromatic heterocycles. The molecule has 0 aliphatic heterocycles. The summed E-state index contributed by atoms with van der Waals surface area (Å²) in [5.74, 6) is -1.11. The van der Waals surface area contributed by atoms with E-state index in [9.17, 15) is 9.59 Å². The van der Waals surface area contributed by atoms with Crippen molar-refractivity contribution in [3.63, 3.8) is 0 Å². The third kappa shape index (κ3) is 7.31. The van der Waals surface area contributed by atoms with Crippen molar-refractivity contribution in [1.29, 1.82) is 0 Å². The Kier molecular flexibility index (Phi) is 6.17. The van der Waals surface area contributed by atoms with Gasteiger partial charge in [0.2, 0.25) is 0 Å². The van der Waals surface area contributed by atoms with Gasteiger partial charge < -0.3 is 20.5 Å². The maximum absolute atomic E-state index is 11.6. The summed E-state index contributed by atoms with van der Waals surface area (Å²) in [6.45, 7) is 5.80. The van der Waals surface area contributed by atoms with Gasteiger partial charge in [-0.05, 0) is 26.3 Å². The number of alkyl carbamates (subject to hydrolysis) is 1. The number of hydrogen-bond donors (Lipinski definition) is 3. The van der Waals surface area contributed by atoms with E-state index in [1.165, 1.54) is 0 Å². The lowest BCUT2D eigenvalue weighted by Gasteiger charge is -2.22. The molecule has 0 bridgehead atoms. The van der Waals surface area contributed by atoms with E-state index >= 15 is 0 Å². The summed E-state index contributed by atoms with van der Waals surface area (Å²) in [7, 11) is 0. The lowest BCUT2D eigenvalue weighted by molar-refractivity contribution is -0.139. The molecule has 6 heteroatoms. The summed E-state index contributed by atoms with van der Waals surface area (Å²) in [6.07, 6.45) is -0.739. The normalized spacial score (nSPS) is 12.5. The molecule has 6 nitrogen and oxygen atoms in total. The third-order valence-corrected chi connectivity index (χ3v) is 2.51. The number of amides is 1. The van der Waals surface area contributed by atoms with Gasteiger partial charge >= 0.3 is 12.1 Å². The zero-order valence-corrected chi connectivity index (χ0v) is 12.6. The van der Waals surface area contributed by atoms with Crippen LogP contribution in [0.1, 0.15) is 26.3 Å². The van der Waals surface area contributed by atoms with Gasteiger partial charge in [-0.2, -0.15) is 0 Å². The van der Waals surface area contributed by atoms with E-state index < -0.39 is 23.7 Å². The van der Waals surface area contributed by atoms with Gasteiger partial charge in [0.05, 0.1) is 0 Å². The smallest absolute Gasteiger partial charge is 0.408 e. The van der Waals surface area contributed by atoms with Crippen molar-refractivity contribution >= 4 is 12.1 Å². The van der Waals surface area contributed by atoms with E-state index in [2.05, 4.69) is 10.6 Å². The van der Waals surface area contributed by atoms with Gasteiger partial charge in [0.1, 0.15) is 11.6 Å². The molecule has 3 N–H and O–H groups in total. The van der Waals surface area contributed by atoms with Gasteiger partial charge in [-0.15, -0.1) is 0 Å². The predicted molar refractivity (Wildman–Crippen MR) is 78.9 cm³/mol. The van der Waals surface area contributed by atoms with E-state index in [0.717, 1.165) is 5.56 Å². The number of carboxylic acid groups (broad SMARTS) is 1. The van der Waals surface area contributed by atoms with Gasteiger partial charge in [-0.25, -0.2) is 9.59 Å². The van der Waals surface area contributed by atoms with Gasteiger partial charge in [0.15, 0.2) is 0 Å². The zero-order chi connectivity index (χ0) is 15.9. The molecule has 1 atom stereocenters. The molecular weight excluding hydrogens is 272 g/mol. The van der Waals surface area contributed by atoms with Gasteiger partial charge in [-0.3, -0.25) is 0 Å². The first-order valence-corrected chi connectivity index (χ1v) is 6.75. The van der Waals surface area contributed by atoms with E-state index in [1.807, 2.05) is 30.3 Å². The number of nitrogens with one attached hydrogen (secondary N) is 2. The largest absolute Gasteiger partial charge is 0.480 e. The highest BCUT2D eigenvalue weighted by Gasteiger charge is 2.23. The number of hydrogen-bond acceptors (Lipinski definition) is 4. The van der Waals surface area contributed by atoms with Crippen molar-refractivity contribution < 1.29 is 19.4 Å². The average Bonchev–Trinajstić information content (AvgIpc) is 2.36. The van der Waals surface area contributed by atoms with Crippen molar-refractivity contribution in [3.8, 4) is 0 Å². The average molecular weight is 294 g/mol. The number of carboxylic acids is 1. The van der Waals surface area contributed by atoms with Crippen LogP contribution in [0.2, 0.25) is 0 Å². The highest BCUT2D eigenvalue weighted by atomic mass is 16.6. The van der Waals surface area contributed by atoms with Crippen LogP contribution in [-0.4, -0.2) is 35.4 Å². The molecule has 1 amide bonds. The first kappa shape index (κ1) is 17.0. The molecule has 0 spiro atoms. The zero-order valence-electron chi connectivity index (χ0n) is 12.6. The number of carbonyl (C=O) groups excluding carboxylic acids is 1. The quantitative estimate of drug-likeness (QED) is 0.744. The molecule has 1 aromatic rings. The summed E-state index contributed by atoms with van der Waals surface area (Å²) in [6, 6.07) is 8.56. The second kappa shape index (κ2) is 7.64. The lowest BCUT2D eigenvalue weighted by Crippen LogP contribution is -2.48. The Morgan fingerprint density at radius 1 is 1.24 bits per heavy atom. The number of aliphatic carboxylic acids is 1. The summed E-state index contributed by atoms with van der Waals surface area (Å²) >= 11 is 0. The number of rotatable bonds is 6. The third-order valence-electron chi connectivity index (χ3n) is 2.51. The Bertz CT molecular complexity index is 468. The fourth-order valence-electron chi connectivity index (χ4n) is 1.61. The Morgan fingerprint density at radius 2 is 1.86 bits per heavy atom. The fraction of sp³-hybridized carbons (Fsp3) is 0.467. The molecule has 0 radical (unpaired) electrons. The molecule has 0 saturated carbocycles. The van der Waals surface area contributed by atoms with Crippen molar-refractivity contribution in [3.05, 3.63) is 35.9 Å². The van der Waals surface area contributed by atoms with Crippen LogP contribution in [0.4, 0.5) is 4.79 Å². The van der Waals surface area contributed by atoms with Crippen molar-refractivity contribution in [2.75, 3.05) is 6.54 Å². The molecule has 0 unspecified atom stereocenters.